The van der Waals surface area contributed by atoms with Crippen LogP contribution in [0.4, 0.5) is 0 Å². The molecule has 0 saturated heterocycles. The highest BCUT2D eigenvalue weighted by molar-refractivity contribution is 5.82. The minimum Gasteiger partial charge on any atom is -0.468 e. The van der Waals surface area contributed by atoms with Gasteiger partial charge in [-0.15, -0.1) is 0 Å². The van der Waals surface area contributed by atoms with Gasteiger partial charge in [-0.3, -0.25) is 9.59 Å². The molecule has 4 nitrogen and oxygen atoms in total. The van der Waals surface area contributed by atoms with E-state index in [4.69, 9.17) is 0 Å². The second-order valence-electron chi connectivity index (χ2n) is 6.05. The lowest BCUT2D eigenvalue weighted by molar-refractivity contribution is -0.147. The molecular weight excluding hydrogens is 230 g/mol. The number of Topliss-reactive ketones (excluding diaryl/α,β-unsaturated/α-hetero) is 1. The van der Waals surface area contributed by atoms with Gasteiger partial charge in [0.2, 0.25) is 0 Å². The van der Waals surface area contributed by atoms with E-state index in [9.17, 15) is 14.9 Å². The summed E-state index contributed by atoms with van der Waals surface area (Å²) in [6, 6.07) is 2.02. The van der Waals surface area contributed by atoms with E-state index in [-0.39, 0.29) is 23.0 Å². The van der Waals surface area contributed by atoms with E-state index < -0.39 is 11.9 Å². The molecule has 0 spiro atoms. The summed E-state index contributed by atoms with van der Waals surface area (Å²) in [5, 5.41) is 9.19. The Labute approximate surface area is 108 Å². The molecule has 0 aromatic heterocycles. The smallest absolute Gasteiger partial charge is 0.323 e. The molecule has 1 fully saturated rings. The molecule has 0 bridgehead atoms. The van der Waals surface area contributed by atoms with Gasteiger partial charge in [0.1, 0.15) is 11.7 Å². The molecule has 0 aromatic carbocycles. The van der Waals surface area contributed by atoms with Crippen molar-refractivity contribution in [1.82, 2.24) is 0 Å². The average molecular weight is 251 g/mol. The van der Waals surface area contributed by atoms with Crippen LogP contribution in [0.15, 0.2) is 0 Å². The van der Waals surface area contributed by atoms with Crippen molar-refractivity contribution in [3.8, 4) is 6.07 Å². The van der Waals surface area contributed by atoms with Gasteiger partial charge >= 0.3 is 5.97 Å². The molecule has 4 heteroatoms. The summed E-state index contributed by atoms with van der Waals surface area (Å²) in [5.41, 5.74) is -0.0194. The maximum Gasteiger partial charge on any atom is 0.323 e. The Hall–Kier alpha value is -1.37. The summed E-state index contributed by atoms with van der Waals surface area (Å²) >= 11 is 0. The Morgan fingerprint density at radius 1 is 1.50 bits per heavy atom. The van der Waals surface area contributed by atoms with E-state index >= 15 is 0 Å². The molecule has 0 amide bonds. The Balaban J connectivity index is 3.01. The van der Waals surface area contributed by atoms with Crippen LogP contribution in [-0.2, 0) is 14.3 Å². The highest BCUT2D eigenvalue weighted by atomic mass is 16.5. The van der Waals surface area contributed by atoms with Gasteiger partial charge in [-0.2, -0.15) is 5.26 Å². The minimum absolute atomic E-state index is 0.0194. The first kappa shape index (κ1) is 14.7. The van der Waals surface area contributed by atoms with E-state index in [1.54, 1.807) is 0 Å². The zero-order valence-corrected chi connectivity index (χ0v) is 11.5. The lowest BCUT2D eigenvalue weighted by atomic mass is 9.62. The Bertz CT molecular complexity index is 375. The van der Waals surface area contributed by atoms with Gasteiger partial charge in [-0.25, -0.2) is 0 Å². The molecule has 0 radical (unpaired) electrons. The number of hydrogen-bond acceptors (Lipinski definition) is 4. The molecule has 0 N–H and O–H groups in total. The van der Waals surface area contributed by atoms with Crippen LogP contribution in [0.5, 0.6) is 0 Å². The van der Waals surface area contributed by atoms with Crippen molar-refractivity contribution in [2.45, 2.75) is 40.0 Å². The van der Waals surface area contributed by atoms with Crippen LogP contribution in [0.2, 0.25) is 0 Å². The van der Waals surface area contributed by atoms with Gasteiger partial charge in [0.25, 0.3) is 0 Å². The van der Waals surface area contributed by atoms with Crippen molar-refractivity contribution in [1.29, 1.82) is 5.26 Å². The lowest BCUT2D eigenvalue weighted by Gasteiger charge is -2.41. The largest absolute Gasteiger partial charge is 0.468 e. The first-order chi connectivity index (χ1) is 8.31. The van der Waals surface area contributed by atoms with E-state index in [0.717, 1.165) is 6.42 Å². The Morgan fingerprint density at radius 2 is 2.11 bits per heavy atom. The van der Waals surface area contributed by atoms with E-state index in [1.807, 2.05) is 6.07 Å². The summed E-state index contributed by atoms with van der Waals surface area (Å²) in [6.07, 6.45) is 1.62. The minimum atomic E-state index is -0.830. The van der Waals surface area contributed by atoms with Crippen LogP contribution >= 0.6 is 0 Å². The fourth-order valence-corrected chi connectivity index (χ4v) is 2.91. The first-order valence-electron chi connectivity index (χ1n) is 6.30. The van der Waals surface area contributed by atoms with Crippen LogP contribution in [0, 0.1) is 34.5 Å². The zero-order valence-electron chi connectivity index (χ0n) is 11.5. The van der Waals surface area contributed by atoms with Gasteiger partial charge in [-0.1, -0.05) is 20.8 Å². The maximum absolute atomic E-state index is 11.7. The number of methoxy groups -OCH3 is 1. The van der Waals surface area contributed by atoms with Crippen LogP contribution < -0.4 is 0 Å². The molecule has 18 heavy (non-hydrogen) atoms. The Morgan fingerprint density at radius 3 is 2.56 bits per heavy atom. The third-order valence-electron chi connectivity index (χ3n) is 3.85. The number of esters is 1. The molecular formula is C14H21NO3. The second kappa shape index (κ2) is 5.51. The normalized spacial score (nSPS) is 26.3. The van der Waals surface area contributed by atoms with Crippen molar-refractivity contribution < 1.29 is 14.3 Å². The van der Waals surface area contributed by atoms with Crippen LogP contribution in [0.3, 0.4) is 0 Å². The zero-order chi connectivity index (χ0) is 13.9. The van der Waals surface area contributed by atoms with Crippen molar-refractivity contribution in [2.75, 3.05) is 7.11 Å². The van der Waals surface area contributed by atoms with Gasteiger partial charge in [0.15, 0.2) is 0 Å². The molecule has 0 aliphatic heterocycles. The van der Waals surface area contributed by atoms with Crippen molar-refractivity contribution in [3.63, 3.8) is 0 Å². The second-order valence-corrected chi connectivity index (χ2v) is 6.05. The SMILES string of the molecule is COC(=O)C(C#N)C1CC(=O)CCC1C(C)(C)C. The highest BCUT2D eigenvalue weighted by Crippen LogP contribution is 2.44. The molecule has 1 aliphatic rings. The number of ketones is 1. The summed E-state index contributed by atoms with van der Waals surface area (Å²) in [4.78, 5) is 23.3. The lowest BCUT2D eigenvalue weighted by Crippen LogP contribution is -2.40. The molecule has 1 rings (SSSR count). The monoisotopic (exact) mass is 251 g/mol. The average Bonchev–Trinajstić information content (AvgIpc) is 2.28. The van der Waals surface area contributed by atoms with Gasteiger partial charge < -0.3 is 4.74 Å². The summed E-state index contributed by atoms with van der Waals surface area (Å²) < 4.78 is 4.68. The number of ether oxygens (including phenoxy) is 1. The third kappa shape index (κ3) is 3.10. The molecule has 0 heterocycles. The van der Waals surface area contributed by atoms with Crippen LogP contribution in [0.25, 0.3) is 0 Å². The fraction of sp³-hybridized carbons (Fsp3) is 0.786. The number of nitrogens with zero attached hydrogens (tertiary/aromatic N) is 1. The maximum atomic E-state index is 11.7. The predicted octanol–water partition coefficient (Wildman–Crippen LogP) is 2.33. The van der Waals surface area contributed by atoms with Gasteiger partial charge in [0, 0.05) is 12.8 Å². The number of carbonyl (C=O) groups excluding carboxylic acids is 2. The van der Waals surface area contributed by atoms with Crippen LogP contribution in [-0.4, -0.2) is 18.9 Å². The molecule has 100 valence electrons. The highest BCUT2D eigenvalue weighted by Gasteiger charge is 2.43. The first-order valence-corrected chi connectivity index (χ1v) is 6.30. The van der Waals surface area contributed by atoms with Crippen LogP contribution in [0.1, 0.15) is 40.0 Å². The molecule has 3 unspecified atom stereocenters. The van der Waals surface area contributed by atoms with E-state index in [1.165, 1.54) is 7.11 Å². The number of nitriles is 1. The number of rotatable bonds is 2. The van der Waals surface area contributed by atoms with Crippen molar-refractivity contribution in [2.24, 2.45) is 23.2 Å². The van der Waals surface area contributed by atoms with Crippen molar-refractivity contribution in [3.05, 3.63) is 0 Å². The van der Waals surface area contributed by atoms with E-state index in [2.05, 4.69) is 25.5 Å². The molecule has 3 atom stereocenters. The topological polar surface area (TPSA) is 67.2 Å². The van der Waals surface area contributed by atoms with Crippen molar-refractivity contribution >= 4 is 11.8 Å². The predicted molar refractivity (Wildman–Crippen MR) is 66.4 cm³/mol. The molecule has 1 saturated carbocycles. The molecule has 0 aromatic rings. The summed E-state index contributed by atoms with van der Waals surface area (Å²) in [7, 11) is 1.28. The molecule has 1 aliphatic carbocycles. The Kier molecular flexibility index (Phi) is 4.50. The summed E-state index contributed by atoms with van der Waals surface area (Å²) in [6.45, 7) is 6.27. The fourth-order valence-electron chi connectivity index (χ4n) is 2.91. The quantitative estimate of drug-likeness (QED) is 0.706. The van der Waals surface area contributed by atoms with E-state index in [0.29, 0.717) is 12.8 Å². The number of hydrogen-bond donors (Lipinski definition) is 0. The standard InChI is InChI=1S/C14H21NO3/c1-14(2,3)12-6-5-9(16)7-10(12)11(8-15)13(17)18-4/h10-12H,5-7H2,1-4H3. The number of carbonyl (C=O) groups is 2. The van der Waals surface area contributed by atoms with Gasteiger partial charge in [-0.05, 0) is 23.7 Å². The summed E-state index contributed by atoms with van der Waals surface area (Å²) in [5.74, 6) is -1.23. The third-order valence-corrected chi connectivity index (χ3v) is 3.85. The van der Waals surface area contributed by atoms with Gasteiger partial charge in [0.05, 0.1) is 13.2 Å².